The minimum absolute atomic E-state index is 0.159. The number of nitrogens with two attached hydrogens (primary N) is 1. The first-order valence-corrected chi connectivity index (χ1v) is 5.59. The van der Waals surface area contributed by atoms with Crippen LogP contribution >= 0.6 is 34.8 Å². The van der Waals surface area contributed by atoms with Gasteiger partial charge in [0.1, 0.15) is 0 Å². The highest BCUT2D eigenvalue weighted by Gasteiger charge is 2.05. The molecule has 15 heavy (non-hydrogen) atoms. The molecule has 0 bridgehead atoms. The second kappa shape index (κ2) is 5.63. The van der Waals surface area contributed by atoms with Gasteiger partial charge < -0.3 is 5.73 Å². The maximum absolute atomic E-state index is 5.95. The van der Waals surface area contributed by atoms with E-state index in [0.29, 0.717) is 20.6 Å². The van der Waals surface area contributed by atoms with Gasteiger partial charge in [-0.15, -0.1) is 0 Å². The van der Waals surface area contributed by atoms with Crippen LogP contribution in [0.1, 0.15) is 18.9 Å². The molecular formula is C11H10Cl3N. The predicted molar refractivity (Wildman–Crippen MR) is 66.6 cm³/mol. The Morgan fingerprint density at radius 3 is 2.27 bits per heavy atom. The maximum atomic E-state index is 5.95. The normalized spacial score (nSPS) is 11.8. The lowest BCUT2D eigenvalue weighted by atomic mass is 10.2. The van der Waals surface area contributed by atoms with Crippen LogP contribution in [0.5, 0.6) is 0 Å². The summed E-state index contributed by atoms with van der Waals surface area (Å²) in [6, 6.07) is 3.06. The topological polar surface area (TPSA) is 26.0 Å². The van der Waals surface area contributed by atoms with E-state index >= 15 is 0 Å². The number of hydrogen-bond acceptors (Lipinski definition) is 1. The second-order valence-electron chi connectivity index (χ2n) is 3.03. The molecule has 0 aliphatic rings. The summed E-state index contributed by atoms with van der Waals surface area (Å²) >= 11 is 17.7. The summed E-state index contributed by atoms with van der Waals surface area (Å²) in [6.07, 6.45) is 0.788. The smallest absolute Gasteiger partial charge is 0.0665 e. The van der Waals surface area contributed by atoms with Crippen molar-refractivity contribution in [2.45, 2.75) is 19.4 Å². The van der Waals surface area contributed by atoms with Crippen LogP contribution in [-0.2, 0) is 0 Å². The third kappa shape index (κ3) is 3.59. The highest BCUT2D eigenvalue weighted by Crippen LogP contribution is 2.28. The largest absolute Gasteiger partial charge is 0.318 e. The van der Waals surface area contributed by atoms with Crippen LogP contribution in [0, 0.1) is 11.8 Å². The van der Waals surface area contributed by atoms with E-state index in [1.807, 2.05) is 6.92 Å². The van der Waals surface area contributed by atoms with Gasteiger partial charge in [-0.25, -0.2) is 0 Å². The summed E-state index contributed by atoms with van der Waals surface area (Å²) in [5, 5.41) is 1.39. The summed E-state index contributed by atoms with van der Waals surface area (Å²) in [7, 11) is 0. The molecule has 1 rings (SSSR count). The molecule has 1 aromatic carbocycles. The fourth-order valence-corrected chi connectivity index (χ4v) is 1.84. The first-order chi connectivity index (χ1) is 7.04. The lowest BCUT2D eigenvalue weighted by molar-refractivity contribution is 0.806. The highest BCUT2D eigenvalue weighted by atomic mass is 35.5. The van der Waals surface area contributed by atoms with Gasteiger partial charge in [0, 0.05) is 5.02 Å². The van der Waals surface area contributed by atoms with Crippen molar-refractivity contribution in [3.8, 4) is 11.8 Å². The van der Waals surface area contributed by atoms with Crippen molar-refractivity contribution in [1.29, 1.82) is 0 Å². The van der Waals surface area contributed by atoms with Crippen LogP contribution in [0.2, 0.25) is 15.1 Å². The third-order valence-electron chi connectivity index (χ3n) is 1.83. The minimum atomic E-state index is -0.159. The lowest BCUT2D eigenvalue weighted by Gasteiger charge is -2.01. The van der Waals surface area contributed by atoms with E-state index in [1.165, 1.54) is 0 Å². The average molecular weight is 263 g/mol. The van der Waals surface area contributed by atoms with E-state index in [4.69, 9.17) is 40.5 Å². The number of benzene rings is 1. The molecule has 4 heteroatoms. The molecule has 0 spiro atoms. The third-order valence-corrected chi connectivity index (χ3v) is 2.64. The first-order valence-electron chi connectivity index (χ1n) is 4.46. The SMILES string of the molecule is CCC(N)C#Cc1c(Cl)cc(Cl)cc1Cl. The lowest BCUT2D eigenvalue weighted by Crippen LogP contribution is -2.15. The van der Waals surface area contributed by atoms with Crippen molar-refractivity contribution in [3.05, 3.63) is 32.8 Å². The minimum Gasteiger partial charge on any atom is -0.318 e. The van der Waals surface area contributed by atoms with Crippen molar-refractivity contribution in [2.75, 3.05) is 0 Å². The molecule has 0 aromatic heterocycles. The summed E-state index contributed by atoms with van der Waals surface area (Å²) in [5.41, 5.74) is 6.24. The molecule has 0 fully saturated rings. The van der Waals surface area contributed by atoms with Crippen molar-refractivity contribution in [3.63, 3.8) is 0 Å². The fourth-order valence-electron chi connectivity index (χ4n) is 0.929. The molecule has 0 aliphatic carbocycles. The average Bonchev–Trinajstić information content (AvgIpc) is 2.15. The monoisotopic (exact) mass is 261 g/mol. The van der Waals surface area contributed by atoms with Gasteiger partial charge in [-0.1, -0.05) is 53.6 Å². The van der Waals surface area contributed by atoms with Gasteiger partial charge in [0.15, 0.2) is 0 Å². The Labute approximate surface area is 105 Å². The molecule has 1 aromatic rings. The maximum Gasteiger partial charge on any atom is 0.0665 e. The Bertz CT molecular complexity index is 395. The zero-order valence-electron chi connectivity index (χ0n) is 8.15. The van der Waals surface area contributed by atoms with E-state index in [0.717, 1.165) is 6.42 Å². The molecule has 2 N–H and O–H groups in total. The molecule has 0 heterocycles. The Kier molecular flexibility index (Phi) is 4.76. The van der Waals surface area contributed by atoms with Crippen molar-refractivity contribution >= 4 is 34.8 Å². The van der Waals surface area contributed by atoms with Gasteiger partial charge in [-0.05, 0) is 18.6 Å². The Morgan fingerprint density at radius 1 is 1.27 bits per heavy atom. The summed E-state index contributed by atoms with van der Waals surface area (Å²) < 4.78 is 0. The van der Waals surface area contributed by atoms with Crippen LogP contribution in [0.25, 0.3) is 0 Å². The predicted octanol–water partition coefficient (Wildman–Crippen LogP) is 3.74. The fraction of sp³-hybridized carbons (Fsp3) is 0.273. The van der Waals surface area contributed by atoms with E-state index in [9.17, 15) is 0 Å². The quantitative estimate of drug-likeness (QED) is 0.767. The van der Waals surface area contributed by atoms with Crippen LogP contribution < -0.4 is 5.73 Å². The van der Waals surface area contributed by atoms with E-state index < -0.39 is 0 Å². The van der Waals surface area contributed by atoms with Gasteiger partial charge in [0.05, 0.1) is 21.7 Å². The zero-order chi connectivity index (χ0) is 11.4. The van der Waals surface area contributed by atoms with Crippen LogP contribution in [-0.4, -0.2) is 6.04 Å². The standard InChI is InChI=1S/C11H10Cl3N/c1-2-8(15)3-4-9-10(13)5-7(12)6-11(9)14/h5-6,8H,2,15H2,1H3. The molecule has 0 saturated heterocycles. The van der Waals surface area contributed by atoms with Gasteiger partial charge >= 0.3 is 0 Å². The van der Waals surface area contributed by atoms with Crippen molar-refractivity contribution in [1.82, 2.24) is 0 Å². The molecule has 0 saturated carbocycles. The van der Waals surface area contributed by atoms with Crippen LogP contribution in [0.15, 0.2) is 12.1 Å². The first kappa shape index (κ1) is 12.7. The molecule has 0 radical (unpaired) electrons. The van der Waals surface area contributed by atoms with Crippen molar-refractivity contribution < 1.29 is 0 Å². The summed E-state index contributed by atoms with van der Waals surface area (Å²) in [6.45, 7) is 1.96. The molecule has 0 aliphatic heterocycles. The molecule has 1 nitrogen and oxygen atoms in total. The zero-order valence-corrected chi connectivity index (χ0v) is 10.4. The Balaban J connectivity index is 3.08. The highest BCUT2D eigenvalue weighted by molar-refractivity contribution is 6.39. The van der Waals surface area contributed by atoms with Gasteiger partial charge in [-0.3, -0.25) is 0 Å². The number of rotatable bonds is 1. The molecule has 1 atom stereocenters. The Hall–Kier alpha value is -0.390. The van der Waals surface area contributed by atoms with E-state index in [1.54, 1.807) is 12.1 Å². The molecule has 1 unspecified atom stereocenters. The van der Waals surface area contributed by atoms with E-state index in [-0.39, 0.29) is 6.04 Å². The Morgan fingerprint density at radius 2 is 1.80 bits per heavy atom. The van der Waals surface area contributed by atoms with Gasteiger partial charge in [0.25, 0.3) is 0 Å². The summed E-state index contributed by atoms with van der Waals surface area (Å²) in [4.78, 5) is 0. The summed E-state index contributed by atoms with van der Waals surface area (Å²) in [5.74, 6) is 5.73. The van der Waals surface area contributed by atoms with E-state index in [2.05, 4.69) is 11.8 Å². The molecule has 80 valence electrons. The second-order valence-corrected chi connectivity index (χ2v) is 4.28. The van der Waals surface area contributed by atoms with Crippen LogP contribution in [0.3, 0.4) is 0 Å². The van der Waals surface area contributed by atoms with Crippen LogP contribution in [0.4, 0.5) is 0 Å². The molecular weight excluding hydrogens is 252 g/mol. The van der Waals surface area contributed by atoms with Crippen molar-refractivity contribution in [2.24, 2.45) is 5.73 Å². The number of hydrogen-bond donors (Lipinski definition) is 1. The van der Waals surface area contributed by atoms with Gasteiger partial charge in [0.2, 0.25) is 0 Å². The number of halogens is 3. The van der Waals surface area contributed by atoms with Gasteiger partial charge in [-0.2, -0.15) is 0 Å². The molecule has 0 amide bonds.